The van der Waals surface area contributed by atoms with Gasteiger partial charge in [0.15, 0.2) is 21.2 Å². The van der Waals surface area contributed by atoms with Gasteiger partial charge in [-0.1, -0.05) is 55.1 Å². The van der Waals surface area contributed by atoms with Crippen molar-refractivity contribution in [2.45, 2.75) is 28.5 Å². The van der Waals surface area contributed by atoms with Crippen molar-refractivity contribution in [2.24, 2.45) is 17.8 Å². The number of allylic oxidation sites excluding steroid dienone is 2. The number of carbonyl (C=O) groups is 4. The number of imide groups is 2. The molecule has 6 rings (SSSR count). The Morgan fingerprint density at radius 3 is 2.37 bits per heavy atom. The number of halogens is 5. The van der Waals surface area contributed by atoms with Crippen LogP contribution in [0.15, 0.2) is 52.5 Å². The number of likely N-dealkylation sites (tertiary alicyclic amines) is 1. The van der Waals surface area contributed by atoms with Crippen molar-refractivity contribution in [2.75, 3.05) is 17.5 Å². The predicted octanol–water partition coefficient (Wildman–Crippen LogP) is 5.73. The molecule has 0 radical (unpaired) electrons. The highest BCUT2D eigenvalue weighted by atomic mass is 79.9. The van der Waals surface area contributed by atoms with Crippen LogP contribution >= 0.6 is 66.7 Å². The van der Waals surface area contributed by atoms with E-state index in [9.17, 15) is 24.3 Å². The van der Waals surface area contributed by atoms with Gasteiger partial charge in [0, 0.05) is 21.0 Å². The van der Waals surface area contributed by atoms with E-state index >= 15 is 0 Å². The fourth-order valence-electron chi connectivity index (χ4n) is 6.91. The second-order valence-electron chi connectivity index (χ2n) is 10.5. The van der Waals surface area contributed by atoms with Crippen molar-refractivity contribution in [1.82, 2.24) is 4.90 Å². The summed E-state index contributed by atoms with van der Waals surface area (Å²) in [5.41, 5.74) is 0.997. The number of amides is 4. The fourth-order valence-corrected chi connectivity index (χ4v) is 8.91. The molecule has 13 heteroatoms. The zero-order valence-corrected chi connectivity index (χ0v) is 26.7. The summed E-state index contributed by atoms with van der Waals surface area (Å²) in [6.45, 7) is 0. The molecule has 4 aliphatic rings. The number of fused-ring (bicyclic) bond motifs is 4. The van der Waals surface area contributed by atoms with Gasteiger partial charge >= 0.3 is 0 Å². The lowest BCUT2D eigenvalue weighted by Crippen LogP contribution is -2.60. The number of rotatable bonds is 4. The third-order valence-electron chi connectivity index (χ3n) is 8.70. The summed E-state index contributed by atoms with van der Waals surface area (Å²) in [4.78, 5) is 53.4. The largest absolute Gasteiger partial charge is 0.504 e. The van der Waals surface area contributed by atoms with Crippen molar-refractivity contribution < 1.29 is 29.0 Å². The molecule has 2 aliphatic carbocycles. The lowest BCUT2D eigenvalue weighted by Gasteiger charge is -2.50. The topological polar surface area (TPSA) is 104 Å². The van der Waals surface area contributed by atoms with Gasteiger partial charge in [-0.05, 0) is 55.2 Å². The maximum atomic E-state index is 14.0. The summed E-state index contributed by atoms with van der Waals surface area (Å²) >= 11 is 27.1. The summed E-state index contributed by atoms with van der Waals surface area (Å²) < 4.78 is 5.89. The average molecular weight is 748 g/mol. The molecule has 6 atom stereocenters. The molecule has 214 valence electrons. The number of hydrogen-bond donors (Lipinski definition) is 1. The second-order valence-corrected chi connectivity index (χ2v) is 13.6. The van der Waals surface area contributed by atoms with Crippen LogP contribution in [0.25, 0.3) is 0 Å². The summed E-state index contributed by atoms with van der Waals surface area (Å²) in [5, 5.41) is 11.8. The Morgan fingerprint density at radius 1 is 1.05 bits per heavy atom. The molecule has 0 spiro atoms. The van der Waals surface area contributed by atoms with Gasteiger partial charge < -0.3 is 9.84 Å². The molecule has 2 aromatic rings. The van der Waals surface area contributed by atoms with Crippen LogP contribution in [0.4, 0.5) is 5.69 Å². The molecule has 2 saturated heterocycles. The molecular formula is C28H21Br2Cl3N2O6. The first-order valence-electron chi connectivity index (χ1n) is 12.6. The van der Waals surface area contributed by atoms with Crippen LogP contribution in [-0.4, -0.2) is 55.9 Å². The van der Waals surface area contributed by atoms with Gasteiger partial charge in [0.1, 0.15) is 0 Å². The van der Waals surface area contributed by atoms with Crippen molar-refractivity contribution in [3.05, 3.63) is 63.1 Å². The Labute approximate surface area is 266 Å². The maximum Gasteiger partial charge on any atom is 0.254 e. The Balaban J connectivity index is 1.55. The van der Waals surface area contributed by atoms with Crippen molar-refractivity contribution >= 4 is 96.0 Å². The third kappa shape index (κ3) is 3.83. The summed E-state index contributed by atoms with van der Waals surface area (Å²) in [5.74, 6) is -5.84. The third-order valence-corrected chi connectivity index (χ3v) is 11.3. The SMILES string of the molecule is COc1cc(Br)cc(C2C3=CCC4C(=O)N(c5ccc(Cl)cc5)C(=O)C4C3CC3(Cl)C(=O)N(CBr)C(=O)C23Cl)c1O. The molecule has 0 aromatic heterocycles. The monoisotopic (exact) mass is 744 g/mol. The number of aromatic hydroxyl groups is 1. The molecule has 2 aromatic carbocycles. The molecule has 2 heterocycles. The van der Waals surface area contributed by atoms with Crippen LogP contribution in [0.5, 0.6) is 11.5 Å². The van der Waals surface area contributed by atoms with Gasteiger partial charge in [-0.2, -0.15) is 0 Å². The van der Waals surface area contributed by atoms with E-state index in [0.29, 0.717) is 20.8 Å². The standard InChI is InChI=1S/C28H21Br2Cl3N2O6/c1-41-19-9-12(30)8-17(22(19)36)21-15-6-7-16-20(24(38)35(23(16)37)14-4-2-13(31)3-5-14)18(15)10-27(32)25(39)34(11-29)26(40)28(21,27)33/h2-6,8-9,16,18,20-21,36H,7,10-11H2,1H3. The van der Waals surface area contributed by atoms with E-state index in [1.807, 2.05) is 0 Å². The van der Waals surface area contributed by atoms with Crippen molar-refractivity contribution in [3.63, 3.8) is 0 Å². The molecule has 41 heavy (non-hydrogen) atoms. The number of methoxy groups -OCH3 is 1. The highest BCUT2D eigenvalue weighted by Gasteiger charge is 2.76. The number of carbonyl (C=O) groups excluding carboxylic acids is 4. The maximum absolute atomic E-state index is 14.0. The van der Waals surface area contributed by atoms with Crippen LogP contribution in [0.3, 0.4) is 0 Å². The van der Waals surface area contributed by atoms with Crippen molar-refractivity contribution in [3.8, 4) is 11.5 Å². The summed E-state index contributed by atoms with van der Waals surface area (Å²) in [6.07, 6.45) is 1.84. The average Bonchev–Trinajstić information content (AvgIpc) is 3.28. The Hall–Kier alpha value is -2.11. The lowest BCUT2D eigenvalue weighted by molar-refractivity contribution is -0.138. The normalized spacial score (nSPS) is 32.6. The van der Waals surface area contributed by atoms with Gasteiger partial charge in [-0.3, -0.25) is 29.0 Å². The zero-order valence-electron chi connectivity index (χ0n) is 21.2. The van der Waals surface area contributed by atoms with Gasteiger partial charge in [-0.25, -0.2) is 0 Å². The summed E-state index contributed by atoms with van der Waals surface area (Å²) in [7, 11) is 1.38. The number of phenols is 1. The molecule has 1 N–H and O–H groups in total. The molecule has 6 unspecified atom stereocenters. The molecule has 3 fully saturated rings. The zero-order chi connectivity index (χ0) is 29.6. The van der Waals surface area contributed by atoms with Gasteiger partial charge in [0.05, 0.1) is 30.1 Å². The number of anilines is 1. The number of alkyl halides is 3. The first kappa shape index (κ1) is 29.0. The van der Waals surface area contributed by atoms with Gasteiger partial charge in [0.25, 0.3) is 11.8 Å². The van der Waals surface area contributed by atoms with E-state index in [2.05, 4.69) is 31.9 Å². The summed E-state index contributed by atoms with van der Waals surface area (Å²) in [6, 6.07) is 9.52. The van der Waals surface area contributed by atoms with E-state index in [4.69, 9.17) is 39.5 Å². The molecule has 8 nitrogen and oxygen atoms in total. The Kier molecular flexibility index (Phi) is 7.05. The first-order chi connectivity index (χ1) is 19.4. The van der Waals surface area contributed by atoms with Gasteiger partial charge in [-0.15, -0.1) is 23.2 Å². The van der Waals surface area contributed by atoms with Gasteiger partial charge in [0.2, 0.25) is 11.8 Å². The van der Waals surface area contributed by atoms with Crippen LogP contribution in [0, 0.1) is 17.8 Å². The van der Waals surface area contributed by atoms with Crippen LogP contribution in [0.1, 0.15) is 24.3 Å². The van der Waals surface area contributed by atoms with E-state index in [1.54, 1.807) is 42.5 Å². The van der Waals surface area contributed by atoms with E-state index in [-0.39, 0.29) is 41.3 Å². The van der Waals surface area contributed by atoms with Crippen LogP contribution in [-0.2, 0) is 19.2 Å². The Morgan fingerprint density at radius 2 is 1.73 bits per heavy atom. The van der Waals surface area contributed by atoms with Crippen LogP contribution in [0.2, 0.25) is 5.02 Å². The highest BCUT2D eigenvalue weighted by molar-refractivity contribution is 9.10. The highest BCUT2D eigenvalue weighted by Crippen LogP contribution is 2.66. The number of benzene rings is 2. The molecule has 0 bridgehead atoms. The predicted molar refractivity (Wildman–Crippen MR) is 160 cm³/mol. The van der Waals surface area contributed by atoms with E-state index < -0.39 is 51.1 Å². The molecule has 2 aliphatic heterocycles. The number of ether oxygens (including phenoxy) is 1. The minimum absolute atomic E-state index is 0.112. The van der Waals surface area contributed by atoms with Crippen molar-refractivity contribution in [1.29, 1.82) is 0 Å². The smallest absolute Gasteiger partial charge is 0.254 e. The number of hydrogen-bond acceptors (Lipinski definition) is 6. The minimum atomic E-state index is -2.04. The van der Waals surface area contributed by atoms with E-state index in [1.165, 1.54) is 7.11 Å². The lowest BCUT2D eigenvalue weighted by atomic mass is 9.56. The van der Waals surface area contributed by atoms with E-state index in [0.717, 1.165) is 9.80 Å². The molecular weight excluding hydrogens is 726 g/mol. The fraction of sp³-hybridized carbons (Fsp3) is 0.357. The quantitative estimate of drug-likeness (QED) is 0.186. The second kappa shape index (κ2) is 9.98. The first-order valence-corrected chi connectivity index (χ1v) is 15.7. The molecule has 4 amide bonds. The Bertz CT molecular complexity index is 1570. The number of nitrogens with zero attached hydrogens (tertiary/aromatic N) is 2. The number of phenolic OH excluding ortho intramolecular Hbond substituents is 1. The minimum Gasteiger partial charge on any atom is -0.504 e. The molecule has 1 saturated carbocycles. The van der Waals surface area contributed by atoms with Crippen LogP contribution < -0.4 is 9.64 Å².